The highest BCUT2D eigenvalue weighted by Crippen LogP contribution is 2.58. The Balaban J connectivity index is 1.83. The maximum Gasteiger partial charge on any atom is 0.244 e. The van der Waals surface area contributed by atoms with Crippen LogP contribution >= 0.6 is 0 Å². The molecule has 21 heavy (non-hydrogen) atoms. The zero-order valence-electron chi connectivity index (χ0n) is 13.2. The lowest BCUT2D eigenvalue weighted by molar-refractivity contribution is -0.231. The van der Waals surface area contributed by atoms with Gasteiger partial charge in [0.05, 0.1) is 12.7 Å². The summed E-state index contributed by atoms with van der Waals surface area (Å²) in [4.78, 5) is 15.0. The highest BCUT2D eigenvalue weighted by atomic mass is 16.5. The van der Waals surface area contributed by atoms with Gasteiger partial charge in [0.15, 0.2) is 0 Å². The summed E-state index contributed by atoms with van der Waals surface area (Å²) in [5, 5.41) is 9.31. The van der Waals surface area contributed by atoms with Crippen LogP contribution in [0.1, 0.15) is 46.0 Å². The van der Waals surface area contributed by atoms with E-state index in [0.717, 1.165) is 38.7 Å². The first kappa shape index (κ1) is 15.3. The molecule has 3 rings (SSSR count). The Hall–Kier alpha value is -0.650. The number of aliphatic hydroxyl groups is 1. The second-order valence-electron chi connectivity index (χ2n) is 7.44. The predicted octanol–water partition coefficient (Wildman–Crippen LogP) is 0.892. The van der Waals surface area contributed by atoms with E-state index >= 15 is 0 Å². The first-order chi connectivity index (χ1) is 9.94. The second kappa shape index (κ2) is 5.21. The Morgan fingerprint density at radius 2 is 2.05 bits per heavy atom. The highest BCUT2D eigenvalue weighted by Gasteiger charge is 2.71. The summed E-state index contributed by atoms with van der Waals surface area (Å²) in [6.07, 6.45) is 5.27. The van der Waals surface area contributed by atoms with Gasteiger partial charge >= 0.3 is 0 Å². The van der Waals surface area contributed by atoms with Crippen molar-refractivity contribution < 1.29 is 14.6 Å². The average Bonchev–Trinajstić information content (AvgIpc) is 2.43. The van der Waals surface area contributed by atoms with Gasteiger partial charge in [-0.2, -0.15) is 0 Å². The zero-order valence-corrected chi connectivity index (χ0v) is 13.2. The van der Waals surface area contributed by atoms with E-state index in [-0.39, 0.29) is 36.0 Å². The van der Waals surface area contributed by atoms with Crippen molar-refractivity contribution in [1.29, 1.82) is 0 Å². The smallest absolute Gasteiger partial charge is 0.244 e. The van der Waals surface area contributed by atoms with Crippen molar-refractivity contribution in [3.05, 3.63) is 0 Å². The molecular weight excluding hydrogens is 268 g/mol. The van der Waals surface area contributed by atoms with Crippen LogP contribution in [-0.4, -0.2) is 53.4 Å². The number of ether oxygens (including phenoxy) is 1. The van der Waals surface area contributed by atoms with Crippen LogP contribution in [0.2, 0.25) is 0 Å². The molecule has 0 aromatic heterocycles. The lowest BCUT2D eigenvalue weighted by Crippen LogP contribution is -2.83. The van der Waals surface area contributed by atoms with Gasteiger partial charge in [-0.05, 0) is 32.1 Å². The number of carbonyl (C=O) groups excluding carboxylic acids is 1. The maximum absolute atomic E-state index is 13.2. The van der Waals surface area contributed by atoms with Crippen LogP contribution in [0.5, 0.6) is 0 Å². The lowest BCUT2D eigenvalue weighted by Gasteiger charge is -2.66. The van der Waals surface area contributed by atoms with E-state index in [0.29, 0.717) is 6.54 Å². The molecule has 5 nitrogen and oxygen atoms in total. The van der Waals surface area contributed by atoms with Crippen molar-refractivity contribution in [2.45, 2.75) is 63.6 Å². The molecular formula is C16H28N2O3. The molecule has 3 aliphatic rings. The number of nitrogens with two attached hydrogens (primary N) is 1. The fourth-order valence-electron chi connectivity index (χ4n) is 4.50. The van der Waals surface area contributed by atoms with Crippen molar-refractivity contribution in [2.75, 3.05) is 19.8 Å². The number of hydrogen-bond acceptors (Lipinski definition) is 4. The van der Waals surface area contributed by atoms with Crippen molar-refractivity contribution in [1.82, 2.24) is 4.90 Å². The Morgan fingerprint density at radius 1 is 1.33 bits per heavy atom. The van der Waals surface area contributed by atoms with E-state index < -0.39 is 5.54 Å². The summed E-state index contributed by atoms with van der Waals surface area (Å²) < 4.78 is 5.88. The minimum Gasteiger partial charge on any atom is -0.395 e. The summed E-state index contributed by atoms with van der Waals surface area (Å²) >= 11 is 0. The number of amides is 1. The van der Waals surface area contributed by atoms with Crippen LogP contribution in [0.15, 0.2) is 0 Å². The van der Waals surface area contributed by atoms with Gasteiger partial charge in [-0.3, -0.25) is 4.79 Å². The lowest BCUT2D eigenvalue weighted by atomic mass is 9.46. The second-order valence-corrected chi connectivity index (χ2v) is 7.44. The minimum atomic E-state index is -0.844. The molecule has 0 aromatic rings. The van der Waals surface area contributed by atoms with Gasteiger partial charge in [0.2, 0.25) is 5.91 Å². The Bertz CT molecular complexity index is 422. The van der Waals surface area contributed by atoms with Crippen LogP contribution in [0.3, 0.4) is 0 Å². The van der Waals surface area contributed by atoms with Crippen LogP contribution in [0, 0.1) is 11.3 Å². The molecule has 3 fully saturated rings. The quantitative estimate of drug-likeness (QED) is 0.808. The van der Waals surface area contributed by atoms with Crippen molar-refractivity contribution in [2.24, 2.45) is 17.1 Å². The fourth-order valence-corrected chi connectivity index (χ4v) is 4.50. The summed E-state index contributed by atoms with van der Waals surface area (Å²) in [5.41, 5.74) is 5.49. The molecule has 120 valence electrons. The van der Waals surface area contributed by atoms with Crippen molar-refractivity contribution in [3.8, 4) is 0 Å². The van der Waals surface area contributed by atoms with Crippen LogP contribution in [-0.2, 0) is 9.53 Å². The monoisotopic (exact) mass is 296 g/mol. The van der Waals surface area contributed by atoms with Gasteiger partial charge in [-0.15, -0.1) is 0 Å². The van der Waals surface area contributed by atoms with Gasteiger partial charge in [-0.25, -0.2) is 0 Å². The number of carbonyl (C=O) groups is 1. The molecule has 2 saturated carbocycles. The normalized spacial score (nSPS) is 38.1. The van der Waals surface area contributed by atoms with Crippen LogP contribution < -0.4 is 5.73 Å². The van der Waals surface area contributed by atoms with E-state index in [1.165, 1.54) is 0 Å². The molecule has 1 aliphatic heterocycles. The molecule has 3 N–H and O–H groups in total. The predicted molar refractivity (Wildman–Crippen MR) is 79.6 cm³/mol. The van der Waals surface area contributed by atoms with E-state index in [2.05, 4.69) is 13.8 Å². The highest BCUT2D eigenvalue weighted by molar-refractivity contribution is 5.90. The first-order valence-corrected chi connectivity index (χ1v) is 8.27. The molecule has 0 aromatic carbocycles. The van der Waals surface area contributed by atoms with E-state index in [4.69, 9.17) is 10.5 Å². The minimum absolute atomic E-state index is 0.00332. The van der Waals surface area contributed by atoms with Crippen LogP contribution in [0.4, 0.5) is 0 Å². The maximum atomic E-state index is 13.2. The van der Waals surface area contributed by atoms with Crippen LogP contribution in [0.25, 0.3) is 0 Å². The van der Waals surface area contributed by atoms with Crippen molar-refractivity contribution in [3.63, 3.8) is 0 Å². The molecule has 1 heterocycles. The zero-order chi connectivity index (χ0) is 15.3. The van der Waals surface area contributed by atoms with E-state index in [1.807, 2.05) is 4.90 Å². The number of aliphatic hydroxyl groups excluding tert-OH is 1. The van der Waals surface area contributed by atoms with Gasteiger partial charge in [0.1, 0.15) is 5.54 Å². The molecule has 3 unspecified atom stereocenters. The molecule has 1 saturated heterocycles. The molecule has 0 radical (unpaired) electrons. The molecule has 1 amide bonds. The number of fused-ring (bicyclic) bond motifs is 1. The first-order valence-electron chi connectivity index (χ1n) is 8.27. The summed E-state index contributed by atoms with van der Waals surface area (Å²) in [7, 11) is 0. The summed E-state index contributed by atoms with van der Waals surface area (Å²) in [5.74, 6) is 0.146. The fraction of sp³-hybridized carbons (Fsp3) is 0.938. The van der Waals surface area contributed by atoms with E-state index in [9.17, 15) is 9.90 Å². The average molecular weight is 296 g/mol. The van der Waals surface area contributed by atoms with Gasteiger partial charge in [0, 0.05) is 30.5 Å². The third kappa shape index (κ3) is 1.97. The van der Waals surface area contributed by atoms with Gasteiger partial charge < -0.3 is 20.5 Å². The third-order valence-electron chi connectivity index (χ3n) is 6.16. The van der Waals surface area contributed by atoms with E-state index in [1.54, 1.807) is 0 Å². The topological polar surface area (TPSA) is 75.8 Å². The summed E-state index contributed by atoms with van der Waals surface area (Å²) in [6.45, 7) is 5.28. The SMILES string of the molecule is CC1(C)C2OCCCC2C1(N)C(=O)N(CCO)C1CCC1. The van der Waals surface area contributed by atoms with Gasteiger partial charge in [0.25, 0.3) is 0 Å². The molecule has 0 bridgehead atoms. The van der Waals surface area contributed by atoms with Crippen molar-refractivity contribution >= 4 is 5.91 Å². The Labute approximate surface area is 126 Å². The third-order valence-corrected chi connectivity index (χ3v) is 6.16. The number of hydrogen-bond donors (Lipinski definition) is 2. The Morgan fingerprint density at radius 3 is 2.62 bits per heavy atom. The summed E-state index contributed by atoms with van der Waals surface area (Å²) in [6, 6.07) is 0.268. The molecule has 0 spiro atoms. The molecule has 3 atom stereocenters. The largest absolute Gasteiger partial charge is 0.395 e. The number of rotatable bonds is 4. The molecule has 2 aliphatic carbocycles. The standard InChI is InChI=1S/C16H28N2O3/c1-15(2)13-12(7-4-10-21-13)16(15,17)14(20)18(8-9-19)11-5-3-6-11/h11-13,19H,3-10,17H2,1-2H3. The number of nitrogens with zero attached hydrogens (tertiary/aromatic N) is 1. The molecule has 5 heteroatoms. The van der Waals surface area contributed by atoms with Gasteiger partial charge in [-0.1, -0.05) is 13.8 Å². The Kier molecular flexibility index (Phi) is 3.79.